The zero-order chi connectivity index (χ0) is 22.6. The van der Waals surface area contributed by atoms with E-state index in [2.05, 4.69) is 14.8 Å². The molecule has 3 fully saturated rings. The molecule has 0 aromatic carbocycles. The number of carbonyl (C=O) groups excluding carboxylic acids is 1. The molecular weight excluding hydrogens is 413 g/mol. The molecule has 7 nitrogen and oxygen atoms in total. The first-order valence-corrected chi connectivity index (χ1v) is 10.7. The van der Waals surface area contributed by atoms with E-state index in [1.54, 1.807) is 6.20 Å². The Morgan fingerprint density at radius 1 is 1.10 bits per heavy atom. The molecule has 31 heavy (non-hydrogen) atoms. The number of nitrogens with zero attached hydrogens (tertiary/aromatic N) is 3. The molecule has 3 saturated heterocycles. The minimum Gasteiger partial charge on any atom is -0.475 e. The van der Waals surface area contributed by atoms with Gasteiger partial charge in [0, 0.05) is 29.9 Å². The van der Waals surface area contributed by atoms with E-state index in [4.69, 9.17) is 15.6 Å². The summed E-state index contributed by atoms with van der Waals surface area (Å²) in [7, 11) is 0. The number of Topliss-reactive ketones (excluding diaryl/α,β-unsaturated/α-hetero) is 1. The van der Waals surface area contributed by atoms with Crippen LogP contribution in [-0.2, 0) is 4.79 Å². The van der Waals surface area contributed by atoms with Gasteiger partial charge in [0.2, 0.25) is 0 Å². The van der Waals surface area contributed by atoms with E-state index in [1.165, 1.54) is 32.1 Å². The fourth-order valence-corrected chi connectivity index (χ4v) is 4.71. The van der Waals surface area contributed by atoms with Gasteiger partial charge in [-0.15, -0.1) is 0 Å². The van der Waals surface area contributed by atoms with Crippen LogP contribution in [0.5, 0.6) is 0 Å². The molecule has 1 aromatic heterocycles. The molecular formula is C21H29F3N4O3. The second-order valence-electron chi connectivity index (χ2n) is 8.49. The predicted molar refractivity (Wildman–Crippen MR) is 109 cm³/mol. The number of ketones is 1. The van der Waals surface area contributed by atoms with Crippen molar-refractivity contribution >= 4 is 17.6 Å². The van der Waals surface area contributed by atoms with Crippen LogP contribution >= 0.6 is 0 Å². The average Bonchev–Trinajstić information content (AvgIpc) is 2.99. The normalized spacial score (nSPS) is 26.2. The lowest BCUT2D eigenvalue weighted by Crippen LogP contribution is -2.47. The third kappa shape index (κ3) is 6.16. The maximum Gasteiger partial charge on any atom is 0.490 e. The topological polar surface area (TPSA) is 99.8 Å². The van der Waals surface area contributed by atoms with Crippen LogP contribution in [0.1, 0.15) is 55.3 Å². The SMILES string of the molecule is NC1CC2CCC(C1)N2c1ccc(C(=O)CN2CCCCC2)cn1.O=C(O)C(F)(F)F. The number of pyridine rings is 1. The number of rotatable bonds is 4. The molecule has 0 saturated carbocycles. The van der Waals surface area contributed by atoms with Crippen molar-refractivity contribution in [2.45, 2.75) is 69.2 Å². The van der Waals surface area contributed by atoms with E-state index >= 15 is 0 Å². The monoisotopic (exact) mass is 442 g/mol. The number of aliphatic carboxylic acids is 1. The van der Waals surface area contributed by atoms with Gasteiger partial charge < -0.3 is 15.7 Å². The summed E-state index contributed by atoms with van der Waals surface area (Å²) >= 11 is 0. The lowest BCUT2D eigenvalue weighted by Gasteiger charge is -2.38. The van der Waals surface area contributed by atoms with Crippen LogP contribution in [0, 0.1) is 0 Å². The molecule has 2 bridgehead atoms. The molecule has 172 valence electrons. The summed E-state index contributed by atoms with van der Waals surface area (Å²) in [6.07, 6.45) is 4.97. The smallest absolute Gasteiger partial charge is 0.475 e. The maximum atomic E-state index is 12.5. The number of anilines is 1. The standard InChI is InChI=1S/C19H28N4O.C2HF3O2/c20-15-10-16-5-6-17(11-15)23(16)19-7-4-14(12-21-19)18(24)13-22-8-2-1-3-9-22;3-2(4,5)1(6)7/h4,7,12,15-17H,1-3,5-6,8-11,13,20H2;(H,6,7). The average molecular weight is 442 g/mol. The number of carbonyl (C=O) groups is 2. The molecule has 4 heterocycles. The largest absolute Gasteiger partial charge is 0.490 e. The molecule has 0 aliphatic carbocycles. The summed E-state index contributed by atoms with van der Waals surface area (Å²) in [6, 6.07) is 5.39. The number of carboxylic acids is 1. The molecule has 3 N–H and O–H groups in total. The van der Waals surface area contributed by atoms with Crippen molar-refractivity contribution < 1.29 is 27.9 Å². The van der Waals surface area contributed by atoms with E-state index in [1.807, 2.05) is 12.1 Å². The Labute approximate surface area is 179 Å². The molecule has 4 rings (SSSR count). The van der Waals surface area contributed by atoms with Gasteiger partial charge in [0.25, 0.3) is 0 Å². The first kappa shape index (κ1) is 23.5. The number of fused-ring (bicyclic) bond motifs is 2. The zero-order valence-electron chi connectivity index (χ0n) is 17.4. The number of hydrogen-bond acceptors (Lipinski definition) is 6. The Kier molecular flexibility index (Phi) is 7.53. The quantitative estimate of drug-likeness (QED) is 0.692. The van der Waals surface area contributed by atoms with Crippen LogP contribution in [0.25, 0.3) is 0 Å². The van der Waals surface area contributed by atoms with Gasteiger partial charge in [0.1, 0.15) is 5.82 Å². The Balaban J connectivity index is 0.000000339. The van der Waals surface area contributed by atoms with Gasteiger partial charge in [-0.05, 0) is 63.7 Å². The van der Waals surface area contributed by atoms with Crippen LogP contribution in [0.15, 0.2) is 18.3 Å². The predicted octanol–water partition coefficient (Wildman–Crippen LogP) is 2.84. The minimum absolute atomic E-state index is 0.194. The summed E-state index contributed by atoms with van der Waals surface area (Å²) in [6.45, 7) is 2.63. The molecule has 3 aliphatic heterocycles. The third-order valence-corrected chi connectivity index (χ3v) is 6.16. The molecule has 2 atom stereocenters. The number of halogens is 3. The third-order valence-electron chi connectivity index (χ3n) is 6.16. The molecule has 3 aliphatic rings. The number of likely N-dealkylation sites (tertiary alicyclic amines) is 1. The van der Waals surface area contributed by atoms with Crippen molar-refractivity contribution in [3.63, 3.8) is 0 Å². The fraction of sp³-hybridized carbons (Fsp3) is 0.667. The highest BCUT2D eigenvalue weighted by molar-refractivity contribution is 5.97. The molecule has 1 aromatic rings. The van der Waals surface area contributed by atoms with Crippen LogP contribution in [0.3, 0.4) is 0 Å². The Morgan fingerprint density at radius 2 is 1.68 bits per heavy atom. The summed E-state index contributed by atoms with van der Waals surface area (Å²) in [5.41, 5.74) is 6.89. The first-order valence-electron chi connectivity index (χ1n) is 10.7. The summed E-state index contributed by atoms with van der Waals surface area (Å²) < 4.78 is 31.7. The number of aromatic nitrogens is 1. The summed E-state index contributed by atoms with van der Waals surface area (Å²) in [5.74, 6) is -1.55. The Hall–Kier alpha value is -2.20. The number of piperidine rings is 2. The van der Waals surface area contributed by atoms with Crippen molar-refractivity contribution in [2.75, 3.05) is 24.5 Å². The Bertz CT molecular complexity index is 752. The number of nitrogens with two attached hydrogens (primary N) is 1. The van der Waals surface area contributed by atoms with Gasteiger partial charge in [0.05, 0.1) is 6.54 Å². The highest BCUT2D eigenvalue weighted by Gasteiger charge is 2.40. The zero-order valence-corrected chi connectivity index (χ0v) is 17.4. The van der Waals surface area contributed by atoms with Gasteiger partial charge in [-0.2, -0.15) is 13.2 Å². The molecule has 0 spiro atoms. The van der Waals surface area contributed by atoms with Crippen molar-refractivity contribution in [2.24, 2.45) is 5.73 Å². The second-order valence-corrected chi connectivity index (χ2v) is 8.49. The molecule has 10 heteroatoms. The van der Waals surface area contributed by atoms with Crippen molar-refractivity contribution in [1.29, 1.82) is 0 Å². The van der Waals surface area contributed by atoms with Gasteiger partial charge in [-0.1, -0.05) is 6.42 Å². The lowest BCUT2D eigenvalue weighted by molar-refractivity contribution is -0.192. The number of carboxylic acid groups (broad SMARTS) is 1. The fourth-order valence-electron chi connectivity index (χ4n) is 4.71. The lowest BCUT2D eigenvalue weighted by atomic mass is 9.98. The number of alkyl halides is 3. The van der Waals surface area contributed by atoms with Gasteiger partial charge >= 0.3 is 12.1 Å². The van der Waals surface area contributed by atoms with Crippen LogP contribution in [0.2, 0.25) is 0 Å². The molecule has 0 radical (unpaired) electrons. The number of hydrogen-bond donors (Lipinski definition) is 2. The van der Waals surface area contributed by atoms with Crippen LogP contribution in [0.4, 0.5) is 19.0 Å². The van der Waals surface area contributed by atoms with Gasteiger partial charge in [0.15, 0.2) is 5.78 Å². The van der Waals surface area contributed by atoms with Gasteiger partial charge in [-0.3, -0.25) is 9.69 Å². The highest BCUT2D eigenvalue weighted by atomic mass is 19.4. The van der Waals surface area contributed by atoms with E-state index in [9.17, 15) is 18.0 Å². The molecule has 0 amide bonds. The highest BCUT2D eigenvalue weighted by Crippen LogP contribution is 2.37. The first-order chi connectivity index (χ1) is 14.6. The van der Waals surface area contributed by atoms with Crippen molar-refractivity contribution in [1.82, 2.24) is 9.88 Å². The van der Waals surface area contributed by atoms with Crippen LogP contribution < -0.4 is 10.6 Å². The van der Waals surface area contributed by atoms with E-state index in [0.717, 1.165) is 37.3 Å². The van der Waals surface area contributed by atoms with E-state index < -0.39 is 12.1 Å². The van der Waals surface area contributed by atoms with E-state index in [0.29, 0.717) is 24.7 Å². The van der Waals surface area contributed by atoms with Crippen LogP contribution in [-0.4, -0.2) is 70.7 Å². The minimum atomic E-state index is -5.08. The Morgan fingerprint density at radius 3 is 2.16 bits per heavy atom. The summed E-state index contributed by atoms with van der Waals surface area (Å²) in [4.78, 5) is 30.7. The second kappa shape index (κ2) is 9.95. The van der Waals surface area contributed by atoms with Crippen molar-refractivity contribution in [3.05, 3.63) is 23.9 Å². The maximum absolute atomic E-state index is 12.5. The summed E-state index contributed by atoms with van der Waals surface area (Å²) in [5, 5.41) is 7.12. The van der Waals surface area contributed by atoms with E-state index in [-0.39, 0.29) is 5.78 Å². The van der Waals surface area contributed by atoms with Crippen molar-refractivity contribution in [3.8, 4) is 0 Å². The van der Waals surface area contributed by atoms with Gasteiger partial charge in [-0.25, -0.2) is 9.78 Å². The molecule has 2 unspecified atom stereocenters.